The quantitative estimate of drug-likeness (QED) is 0.828. The van der Waals surface area contributed by atoms with Gasteiger partial charge in [0.1, 0.15) is 0 Å². The first kappa shape index (κ1) is 11.7. The third-order valence-corrected chi connectivity index (χ3v) is 3.01. The topological polar surface area (TPSA) is 29.5 Å². The number of thiol groups is 1. The van der Waals surface area contributed by atoms with E-state index < -0.39 is 0 Å². The lowest BCUT2D eigenvalue weighted by Crippen LogP contribution is -1.91. The molecule has 0 unspecified atom stereocenters. The maximum absolute atomic E-state index is 9.47. The molecule has 14 heavy (non-hydrogen) atoms. The van der Waals surface area contributed by atoms with Gasteiger partial charge in [-0.1, -0.05) is 15.9 Å². The molecular formula is C10H13BrO2S. The average molecular weight is 277 g/mol. The highest BCUT2D eigenvalue weighted by Crippen LogP contribution is 2.32. The summed E-state index contributed by atoms with van der Waals surface area (Å²) >= 11 is 7.56. The van der Waals surface area contributed by atoms with E-state index in [0.717, 1.165) is 28.6 Å². The van der Waals surface area contributed by atoms with Gasteiger partial charge in [-0.05, 0) is 36.3 Å². The lowest BCUT2D eigenvalue weighted by Gasteiger charge is -2.08. The highest BCUT2D eigenvalue weighted by Gasteiger charge is 2.07. The van der Waals surface area contributed by atoms with Crippen LogP contribution in [-0.4, -0.2) is 18.0 Å². The van der Waals surface area contributed by atoms with Gasteiger partial charge in [-0.25, -0.2) is 0 Å². The first-order valence-electron chi connectivity index (χ1n) is 4.35. The molecule has 1 N–H and O–H groups in total. The van der Waals surface area contributed by atoms with Gasteiger partial charge in [0, 0.05) is 4.47 Å². The summed E-state index contributed by atoms with van der Waals surface area (Å²) in [4.78, 5) is 0. The van der Waals surface area contributed by atoms with Gasteiger partial charge in [0.15, 0.2) is 11.5 Å². The Bertz CT molecular complexity index is 315. The summed E-state index contributed by atoms with van der Waals surface area (Å²) in [6.07, 6.45) is 1.94. The van der Waals surface area contributed by atoms with Crippen LogP contribution in [0.1, 0.15) is 12.0 Å². The van der Waals surface area contributed by atoms with Crippen molar-refractivity contribution in [3.63, 3.8) is 0 Å². The molecule has 78 valence electrons. The highest BCUT2D eigenvalue weighted by atomic mass is 79.9. The van der Waals surface area contributed by atoms with Gasteiger partial charge in [0.25, 0.3) is 0 Å². The van der Waals surface area contributed by atoms with Crippen molar-refractivity contribution in [2.45, 2.75) is 12.8 Å². The molecule has 1 aromatic carbocycles. The Labute approximate surface area is 97.8 Å². The molecule has 0 saturated heterocycles. The van der Waals surface area contributed by atoms with Crippen LogP contribution in [0.3, 0.4) is 0 Å². The van der Waals surface area contributed by atoms with Crippen LogP contribution >= 0.6 is 28.6 Å². The molecule has 0 amide bonds. The number of methoxy groups -OCH3 is 1. The smallest absolute Gasteiger partial charge is 0.160 e. The summed E-state index contributed by atoms with van der Waals surface area (Å²) < 4.78 is 5.95. The monoisotopic (exact) mass is 276 g/mol. The maximum atomic E-state index is 9.47. The summed E-state index contributed by atoms with van der Waals surface area (Å²) in [5, 5.41) is 9.47. The van der Waals surface area contributed by atoms with Crippen molar-refractivity contribution in [2.75, 3.05) is 12.9 Å². The molecule has 0 bridgehead atoms. The molecule has 4 heteroatoms. The Hall–Kier alpha value is -0.350. The summed E-state index contributed by atoms with van der Waals surface area (Å²) in [7, 11) is 1.55. The van der Waals surface area contributed by atoms with E-state index in [1.165, 1.54) is 0 Å². The maximum Gasteiger partial charge on any atom is 0.160 e. The van der Waals surface area contributed by atoms with Crippen LogP contribution in [-0.2, 0) is 6.42 Å². The van der Waals surface area contributed by atoms with Gasteiger partial charge in [0.05, 0.1) is 7.11 Å². The minimum absolute atomic E-state index is 0.161. The second kappa shape index (κ2) is 5.51. The first-order chi connectivity index (χ1) is 6.69. The van der Waals surface area contributed by atoms with Crippen LogP contribution in [0.15, 0.2) is 16.6 Å². The SMILES string of the molecule is COc1cc(CCCS)c(Br)cc1O. The Morgan fingerprint density at radius 2 is 2.21 bits per heavy atom. The van der Waals surface area contributed by atoms with Gasteiger partial charge < -0.3 is 9.84 Å². The number of ether oxygens (including phenoxy) is 1. The summed E-state index contributed by atoms with van der Waals surface area (Å²) in [5.74, 6) is 1.53. The van der Waals surface area contributed by atoms with Crippen molar-refractivity contribution >= 4 is 28.6 Å². The molecule has 0 aliphatic heterocycles. The zero-order chi connectivity index (χ0) is 10.6. The molecule has 0 aromatic heterocycles. The predicted molar refractivity (Wildman–Crippen MR) is 64.5 cm³/mol. The number of halogens is 1. The summed E-state index contributed by atoms with van der Waals surface area (Å²) in [5.41, 5.74) is 1.13. The molecule has 1 aromatic rings. The van der Waals surface area contributed by atoms with Crippen molar-refractivity contribution in [1.29, 1.82) is 0 Å². The van der Waals surface area contributed by atoms with Crippen molar-refractivity contribution in [1.82, 2.24) is 0 Å². The van der Waals surface area contributed by atoms with E-state index >= 15 is 0 Å². The molecule has 0 heterocycles. The fraction of sp³-hybridized carbons (Fsp3) is 0.400. The Kier molecular flexibility index (Phi) is 4.62. The molecular weight excluding hydrogens is 264 g/mol. The second-order valence-corrected chi connectivity index (χ2v) is 4.24. The minimum atomic E-state index is 0.161. The number of rotatable bonds is 4. The van der Waals surface area contributed by atoms with Crippen LogP contribution in [0, 0.1) is 0 Å². The van der Waals surface area contributed by atoms with Gasteiger partial charge in [-0.2, -0.15) is 12.6 Å². The zero-order valence-electron chi connectivity index (χ0n) is 7.96. The molecule has 0 saturated carbocycles. The normalized spacial score (nSPS) is 10.2. The number of benzene rings is 1. The van der Waals surface area contributed by atoms with E-state index in [1.807, 2.05) is 6.07 Å². The standard InChI is InChI=1S/C10H13BrO2S/c1-13-10-5-7(3-2-4-14)8(11)6-9(10)12/h5-6,12,14H,2-4H2,1H3. The molecule has 0 fully saturated rings. The Morgan fingerprint density at radius 3 is 2.79 bits per heavy atom. The lowest BCUT2D eigenvalue weighted by molar-refractivity contribution is 0.372. The van der Waals surface area contributed by atoms with E-state index in [0.29, 0.717) is 5.75 Å². The fourth-order valence-corrected chi connectivity index (χ4v) is 1.90. The van der Waals surface area contributed by atoms with Crippen LogP contribution < -0.4 is 4.74 Å². The third-order valence-electron chi connectivity index (χ3n) is 1.95. The second-order valence-electron chi connectivity index (χ2n) is 2.94. The van der Waals surface area contributed by atoms with Crippen molar-refractivity contribution in [3.05, 3.63) is 22.2 Å². The number of aryl methyl sites for hydroxylation is 1. The number of phenols is 1. The molecule has 0 aliphatic carbocycles. The van der Waals surface area contributed by atoms with Crippen LogP contribution in [0.4, 0.5) is 0 Å². The minimum Gasteiger partial charge on any atom is -0.504 e. The number of phenolic OH excluding ortho intramolecular Hbond substituents is 1. The largest absolute Gasteiger partial charge is 0.504 e. The van der Waals surface area contributed by atoms with Gasteiger partial charge >= 0.3 is 0 Å². The molecule has 0 aliphatic rings. The van der Waals surface area contributed by atoms with Crippen molar-refractivity contribution in [2.24, 2.45) is 0 Å². The molecule has 1 rings (SSSR count). The molecule has 0 spiro atoms. The molecule has 0 atom stereocenters. The number of hydrogen-bond acceptors (Lipinski definition) is 3. The molecule has 2 nitrogen and oxygen atoms in total. The number of aromatic hydroxyl groups is 1. The van der Waals surface area contributed by atoms with Crippen LogP contribution in [0.2, 0.25) is 0 Å². The van der Waals surface area contributed by atoms with Gasteiger partial charge in [-0.15, -0.1) is 0 Å². The van der Waals surface area contributed by atoms with Crippen LogP contribution in [0.25, 0.3) is 0 Å². The lowest BCUT2D eigenvalue weighted by atomic mass is 10.1. The highest BCUT2D eigenvalue weighted by molar-refractivity contribution is 9.10. The van der Waals surface area contributed by atoms with Crippen molar-refractivity contribution < 1.29 is 9.84 Å². The van der Waals surface area contributed by atoms with Crippen LogP contribution in [0.5, 0.6) is 11.5 Å². The summed E-state index contributed by atoms with van der Waals surface area (Å²) in [6.45, 7) is 0. The van der Waals surface area contributed by atoms with E-state index in [-0.39, 0.29) is 5.75 Å². The van der Waals surface area contributed by atoms with Crippen molar-refractivity contribution in [3.8, 4) is 11.5 Å². The Morgan fingerprint density at radius 1 is 1.50 bits per heavy atom. The average Bonchev–Trinajstić information content (AvgIpc) is 2.17. The third kappa shape index (κ3) is 2.82. The fourth-order valence-electron chi connectivity index (χ4n) is 1.21. The van der Waals surface area contributed by atoms with E-state index in [2.05, 4.69) is 28.6 Å². The van der Waals surface area contributed by atoms with E-state index in [9.17, 15) is 5.11 Å². The molecule has 0 radical (unpaired) electrons. The van der Waals surface area contributed by atoms with E-state index in [1.54, 1.807) is 13.2 Å². The summed E-state index contributed by atoms with van der Waals surface area (Å²) in [6, 6.07) is 3.51. The predicted octanol–water partition coefficient (Wildman–Crippen LogP) is 3.03. The van der Waals surface area contributed by atoms with Gasteiger partial charge in [0.2, 0.25) is 0 Å². The zero-order valence-corrected chi connectivity index (χ0v) is 10.4. The van der Waals surface area contributed by atoms with Gasteiger partial charge in [-0.3, -0.25) is 0 Å². The Balaban J connectivity index is 2.92. The first-order valence-corrected chi connectivity index (χ1v) is 5.77. The number of hydrogen-bond donors (Lipinski definition) is 2. The van der Waals surface area contributed by atoms with E-state index in [4.69, 9.17) is 4.74 Å².